The lowest BCUT2D eigenvalue weighted by atomic mass is 9.89. The molecular weight excluding hydrogens is 300 g/mol. The van der Waals surface area contributed by atoms with Crippen molar-refractivity contribution in [3.8, 4) is 11.1 Å². The number of aryl methyl sites for hydroxylation is 1. The lowest BCUT2D eigenvalue weighted by molar-refractivity contribution is 1.53. The molecule has 0 atom stereocenters. The largest absolute Gasteiger partial charge is 0.0616 e. The van der Waals surface area contributed by atoms with E-state index in [0.29, 0.717) is 0 Å². The first-order valence-corrected chi connectivity index (χ1v) is 8.72. The Morgan fingerprint density at radius 3 is 1.76 bits per heavy atom. The van der Waals surface area contributed by atoms with Gasteiger partial charge in [-0.1, -0.05) is 84.9 Å². The predicted molar refractivity (Wildman–Crippen MR) is 109 cm³/mol. The van der Waals surface area contributed by atoms with Gasteiger partial charge in [0.05, 0.1) is 0 Å². The zero-order valence-corrected chi connectivity index (χ0v) is 14.2. The fourth-order valence-corrected chi connectivity index (χ4v) is 3.99. The number of rotatable bonds is 1. The molecule has 0 bridgehead atoms. The van der Waals surface area contributed by atoms with Gasteiger partial charge in [0.25, 0.3) is 0 Å². The van der Waals surface area contributed by atoms with Crippen LogP contribution in [0.15, 0.2) is 91.0 Å². The number of hydrogen-bond acceptors (Lipinski definition) is 0. The van der Waals surface area contributed by atoms with E-state index in [-0.39, 0.29) is 0 Å². The van der Waals surface area contributed by atoms with Crippen LogP contribution < -0.4 is 0 Å². The van der Waals surface area contributed by atoms with Crippen molar-refractivity contribution in [2.45, 2.75) is 6.92 Å². The van der Waals surface area contributed by atoms with Crippen LogP contribution in [-0.4, -0.2) is 0 Å². The van der Waals surface area contributed by atoms with Gasteiger partial charge < -0.3 is 0 Å². The molecule has 0 N–H and O–H groups in total. The first kappa shape index (κ1) is 14.2. The Hall–Kier alpha value is -3.12. The van der Waals surface area contributed by atoms with Crippen molar-refractivity contribution in [2.24, 2.45) is 0 Å². The zero-order chi connectivity index (χ0) is 16.8. The minimum absolute atomic E-state index is 1.29. The molecule has 5 aromatic carbocycles. The molecule has 0 radical (unpaired) electrons. The molecule has 0 spiro atoms. The van der Waals surface area contributed by atoms with Crippen LogP contribution in [-0.2, 0) is 0 Å². The Morgan fingerprint density at radius 2 is 1.04 bits per heavy atom. The van der Waals surface area contributed by atoms with Crippen LogP contribution in [0.25, 0.3) is 43.4 Å². The van der Waals surface area contributed by atoms with Crippen molar-refractivity contribution in [1.29, 1.82) is 0 Å². The Bertz CT molecular complexity index is 1190. The van der Waals surface area contributed by atoms with Crippen LogP contribution in [0.4, 0.5) is 0 Å². The van der Waals surface area contributed by atoms with Crippen molar-refractivity contribution in [3.05, 3.63) is 96.6 Å². The lowest BCUT2D eigenvalue weighted by Gasteiger charge is -2.15. The molecule has 0 aliphatic heterocycles. The highest BCUT2D eigenvalue weighted by atomic mass is 14.2. The highest BCUT2D eigenvalue weighted by Gasteiger charge is 2.12. The molecule has 5 aromatic rings. The van der Waals surface area contributed by atoms with E-state index in [0.717, 1.165) is 0 Å². The topological polar surface area (TPSA) is 0 Å². The Morgan fingerprint density at radius 1 is 0.480 bits per heavy atom. The third-order valence-electron chi connectivity index (χ3n) is 5.18. The van der Waals surface area contributed by atoms with Crippen LogP contribution in [0.5, 0.6) is 0 Å². The summed E-state index contributed by atoms with van der Waals surface area (Å²) in [6.45, 7) is 2.19. The molecule has 5 rings (SSSR count). The molecule has 0 aromatic heterocycles. The van der Waals surface area contributed by atoms with E-state index in [2.05, 4.69) is 97.9 Å². The van der Waals surface area contributed by atoms with Gasteiger partial charge in [0.2, 0.25) is 0 Å². The summed E-state index contributed by atoms with van der Waals surface area (Å²) in [5.74, 6) is 0. The Kier molecular flexibility index (Phi) is 3.11. The van der Waals surface area contributed by atoms with Gasteiger partial charge in [-0.15, -0.1) is 0 Å². The average molecular weight is 318 g/mol. The third-order valence-corrected chi connectivity index (χ3v) is 5.18. The molecule has 0 aliphatic carbocycles. The molecule has 0 nitrogen and oxygen atoms in total. The third kappa shape index (κ3) is 2.15. The molecular formula is C25H18. The van der Waals surface area contributed by atoms with Crippen LogP contribution in [0.1, 0.15) is 5.56 Å². The van der Waals surface area contributed by atoms with Gasteiger partial charge in [0.1, 0.15) is 0 Å². The maximum atomic E-state index is 2.30. The molecule has 0 fully saturated rings. The monoisotopic (exact) mass is 318 g/mol. The fraction of sp³-hybridized carbons (Fsp3) is 0.0400. The SMILES string of the molecule is Cc1cccc2c(-c3c4ccccc4cc4ccccc34)cccc12. The number of benzene rings is 5. The van der Waals surface area contributed by atoms with Crippen LogP contribution >= 0.6 is 0 Å². The highest BCUT2D eigenvalue weighted by molar-refractivity contribution is 6.16. The predicted octanol–water partition coefficient (Wildman–Crippen LogP) is 7.12. The van der Waals surface area contributed by atoms with Gasteiger partial charge in [-0.3, -0.25) is 0 Å². The summed E-state index contributed by atoms with van der Waals surface area (Å²) in [6.07, 6.45) is 0. The molecule has 0 heterocycles. The molecule has 0 aliphatic rings. The van der Waals surface area contributed by atoms with Crippen molar-refractivity contribution in [2.75, 3.05) is 0 Å². The maximum absolute atomic E-state index is 2.30. The van der Waals surface area contributed by atoms with Crippen LogP contribution in [0.3, 0.4) is 0 Å². The number of hydrogen-bond donors (Lipinski definition) is 0. The van der Waals surface area contributed by atoms with E-state index in [4.69, 9.17) is 0 Å². The lowest BCUT2D eigenvalue weighted by Crippen LogP contribution is -1.88. The standard InChI is InChI=1S/C25H18/c1-17-8-6-14-23-20(17)13-7-15-24(23)25-21-11-4-2-9-18(21)16-19-10-3-5-12-22(19)25/h2-16H,1H3. The van der Waals surface area contributed by atoms with Crippen LogP contribution in [0.2, 0.25) is 0 Å². The second-order valence-corrected chi connectivity index (χ2v) is 6.67. The summed E-state index contributed by atoms with van der Waals surface area (Å²) in [4.78, 5) is 0. The van der Waals surface area contributed by atoms with Gasteiger partial charge in [0.15, 0.2) is 0 Å². The van der Waals surface area contributed by atoms with Gasteiger partial charge >= 0.3 is 0 Å². The minimum Gasteiger partial charge on any atom is -0.0616 e. The number of fused-ring (bicyclic) bond motifs is 3. The smallest absolute Gasteiger partial charge is 0.00206 e. The average Bonchev–Trinajstić information content (AvgIpc) is 2.66. The van der Waals surface area contributed by atoms with Gasteiger partial charge in [-0.05, 0) is 62.0 Å². The Labute approximate surface area is 147 Å². The van der Waals surface area contributed by atoms with Gasteiger partial charge in [0, 0.05) is 0 Å². The normalized spacial score (nSPS) is 11.4. The quantitative estimate of drug-likeness (QED) is 0.289. The van der Waals surface area contributed by atoms with E-state index < -0.39 is 0 Å². The maximum Gasteiger partial charge on any atom is -0.00206 e. The zero-order valence-electron chi connectivity index (χ0n) is 14.2. The van der Waals surface area contributed by atoms with Crippen molar-refractivity contribution in [3.63, 3.8) is 0 Å². The van der Waals surface area contributed by atoms with E-state index >= 15 is 0 Å². The molecule has 0 amide bonds. The molecule has 0 unspecified atom stereocenters. The van der Waals surface area contributed by atoms with Crippen molar-refractivity contribution in [1.82, 2.24) is 0 Å². The Balaban J connectivity index is 2.03. The first-order valence-electron chi connectivity index (χ1n) is 8.72. The minimum atomic E-state index is 1.29. The second kappa shape index (κ2) is 5.46. The summed E-state index contributed by atoms with van der Waals surface area (Å²) >= 11 is 0. The van der Waals surface area contributed by atoms with Crippen molar-refractivity contribution >= 4 is 32.3 Å². The summed E-state index contributed by atoms with van der Waals surface area (Å²) in [5, 5.41) is 7.87. The molecule has 25 heavy (non-hydrogen) atoms. The fourth-order valence-electron chi connectivity index (χ4n) is 3.99. The highest BCUT2D eigenvalue weighted by Crippen LogP contribution is 2.39. The van der Waals surface area contributed by atoms with E-state index in [1.807, 2.05) is 0 Å². The summed E-state index contributed by atoms with van der Waals surface area (Å²) in [6, 6.07) is 33.0. The first-order chi connectivity index (χ1) is 12.3. The summed E-state index contributed by atoms with van der Waals surface area (Å²) in [7, 11) is 0. The molecule has 0 saturated carbocycles. The second-order valence-electron chi connectivity index (χ2n) is 6.67. The van der Waals surface area contributed by atoms with E-state index in [1.54, 1.807) is 0 Å². The van der Waals surface area contributed by atoms with Gasteiger partial charge in [-0.25, -0.2) is 0 Å². The van der Waals surface area contributed by atoms with Crippen LogP contribution in [0, 0.1) is 6.92 Å². The molecule has 0 heteroatoms. The van der Waals surface area contributed by atoms with E-state index in [9.17, 15) is 0 Å². The van der Waals surface area contributed by atoms with Crippen molar-refractivity contribution < 1.29 is 0 Å². The van der Waals surface area contributed by atoms with Gasteiger partial charge in [-0.2, -0.15) is 0 Å². The van der Waals surface area contributed by atoms with E-state index in [1.165, 1.54) is 49.0 Å². The summed E-state index contributed by atoms with van der Waals surface area (Å²) < 4.78 is 0. The molecule has 118 valence electrons. The molecule has 0 saturated heterocycles. The summed E-state index contributed by atoms with van der Waals surface area (Å²) in [5.41, 5.74) is 3.97.